The maximum absolute atomic E-state index is 9.89. The van der Waals surface area contributed by atoms with E-state index < -0.39 is 0 Å². The molecule has 0 saturated carbocycles. The van der Waals surface area contributed by atoms with Crippen molar-refractivity contribution >= 4 is 63.7 Å². The molecule has 0 aliphatic rings. The molecule has 1 aromatic carbocycles. The van der Waals surface area contributed by atoms with Gasteiger partial charge in [-0.1, -0.05) is 13.3 Å². The molecule has 78 valence electrons. The molecule has 5 heteroatoms. The summed E-state index contributed by atoms with van der Waals surface area (Å²) >= 11 is 13.6. The first-order valence-corrected chi connectivity index (χ1v) is 7.21. The van der Waals surface area contributed by atoms with Crippen LogP contribution in [0.2, 0.25) is 0 Å². The van der Waals surface area contributed by atoms with Crippen LogP contribution in [0.25, 0.3) is 0 Å². The fourth-order valence-electron chi connectivity index (χ4n) is 1.14. The summed E-state index contributed by atoms with van der Waals surface area (Å²) < 4.78 is 3.34. The van der Waals surface area contributed by atoms with Gasteiger partial charge in [-0.05, 0) is 70.1 Å². The molecular weight excluding hydrogens is 444 g/mol. The van der Waals surface area contributed by atoms with Gasteiger partial charge in [0.05, 0.1) is 8.95 Å². The van der Waals surface area contributed by atoms with Crippen molar-refractivity contribution in [1.29, 1.82) is 0 Å². The molecule has 0 spiro atoms. The monoisotopic (exact) mass is 448 g/mol. The lowest BCUT2D eigenvalue weighted by Gasteiger charge is -2.12. The Morgan fingerprint density at radius 3 is 1.93 bits per heavy atom. The van der Waals surface area contributed by atoms with E-state index in [2.05, 4.69) is 70.6 Å². The Morgan fingerprint density at radius 2 is 1.43 bits per heavy atom. The predicted octanol–water partition coefficient (Wildman–Crippen LogP) is 5.39. The van der Waals surface area contributed by atoms with Crippen molar-refractivity contribution in [3.8, 4) is 5.75 Å². The highest BCUT2D eigenvalue weighted by Gasteiger charge is 2.17. The van der Waals surface area contributed by atoms with Gasteiger partial charge in [-0.25, -0.2) is 0 Å². The van der Waals surface area contributed by atoms with Crippen LogP contribution in [0.4, 0.5) is 0 Å². The first-order chi connectivity index (χ1) is 6.50. The molecule has 1 nitrogen and oxygen atoms in total. The van der Waals surface area contributed by atoms with E-state index >= 15 is 0 Å². The minimum absolute atomic E-state index is 0.300. The molecule has 0 bridgehead atoms. The zero-order valence-corrected chi connectivity index (χ0v) is 13.7. The minimum Gasteiger partial charge on any atom is -0.506 e. The molecule has 0 amide bonds. The summed E-state index contributed by atoms with van der Waals surface area (Å²) in [7, 11) is 0. The SMILES string of the molecule is CCCc1c(O)c(Br)c(Br)c(Br)c1Br. The summed E-state index contributed by atoms with van der Waals surface area (Å²) in [5, 5.41) is 9.89. The van der Waals surface area contributed by atoms with Crippen molar-refractivity contribution in [2.45, 2.75) is 19.8 Å². The summed E-state index contributed by atoms with van der Waals surface area (Å²) in [6, 6.07) is 0. The number of phenols is 1. The van der Waals surface area contributed by atoms with Gasteiger partial charge in [0.25, 0.3) is 0 Å². The van der Waals surface area contributed by atoms with Gasteiger partial charge in [-0.15, -0.1) is 0 Å². The first kappa shape index (κ1) is 13.0. The Hall–Kier alpha value is 0.940. The standard InChI is InChI=1S/C9H8Br4O/c1-2-3-4-5(10)6(11)7(12)8(13)9(4)14/h14H,2-3H2,1H3. The van der Waals surface area contributed by atoms with Gasteiger partial charge in [0, 0.05) is 14.5 Å². The Bertz CT molecular complexity index is 333. The lowest BCUT2D eigenvalue weighted by Crippen LogP contribution is -1.90. The third-order valence-electron chi connectivity index (χ3n) is 1.84. The molecule has 1 rings (SSSR count). The minimum atomic E-state index is 0.300. The number of aromatic hydroxyl groups is 1. The van der Waals surface area contributed by atoms with E-state index in [0.717, 1.165) is 31.8 Å². The largest absolute Gasteiger partial charge is 0.506 e. The Balaban J connectivity index is 3.43. The molecule has 0 fully saturated rings. The highest BCUT2D eigenvalue weighted by atomic mass is 79.9. The van der Waals surface area contributed by atoms with Crippen molar-refractivity contribution in [2.75, 3.05) is 0 Å². The molecule has 0 unspecified atom stereocenters. The normalized spacial score (nSPS) is 10.6. The van der Waals surface area contributed by atoms with Crippen LogP contribution in [0.15, 0.2) is 17.9 Å². The van der Waals surface area contributed by atoms with Crippen LogP contribution >= 0.6 is 63.7 Å². The molecule has 1 aromatic rings. The van der Waals surface area contributed by atoms with E-state index in [4.69, 9.17) is 0 Å². The van der Waals surface area contributed by atoms with Crippen molar-refractivity contribution in [3.63, 3.8) is 0 Å². The number of hydrogen-bond donors (Lipinski definition) is 1. The fraction of sp³-hybridized carbons (Fsp3) is 0.333. The van der Waals surface area contributed by atoms with Gasteiger partial charge < -0.3 is 5.11 Å². The van der Waals surface area contributed by atoms with Crippen LogP contribution in [-0.4, -0.2) is 5.11 Å². The molecule has 0 heterocycles. The number of rotatable bonds is 2. The molecule has 0 saturated heterocycles. The molecule has 0 radical (unpaired) electrons. The van der Waals surface area contributed by atoms with Crippen molar-refractivity contribution in [1.82, 2.24) is 0 Å². The number of halogens is 4. The van der Waals surface area contributed by atoms with E-state index in [9.17, 15) is 5.11 Å². The lowest BCUT2D eigenvalue weighted by atomic mass is 10.1. The van der Waals surface area contributed by atoms with Crippen molar-refractivity contribution in [3.05, 3.63) is 23.5 Å². The van der Waals surface area contributed by atoms with Crippen LogP contribution in [0.1, 0.15) is 18.9 Å². The summed E-state index contributed by atoms with van der Waals surface area (Å²) in [6.07, 6.45) is 1.84. The quantitative estimate of drug-likeness (QED) is 0.472. The molecule has 1 N–H and O–H groups in total. The molecule has 0 aliphatic heterocycles. The van der Waals surface area contributed by atoms with Crippen molar-refractivity contribution in [2.24, 2.45) is 0 Å². The highest BCUT2D eigenvalue weighted by Crippen LogP contribution is 2.45. The second-order valence-corrected chi connectivity index (χ2v) is 6.01. The van der Waals surface area contributed by atoms with Crippen LogP contribution in [0.3, 0.4) is 0 Å². The summed E-state index contributed by atoms with van der Waals surface area (Å²) in [6.45, 7) is 2.08. The van der Waals surface area contributed by atoms with Crippen LogP contribution < -0.4 is 0 Å². The van der Waals surface area contributed by atoms with Crippen LogP contribution in [-0.2, 0) is 6.42 Å². The molecule has 0 atom stereocenters. The van der Waals surface area contributed by atoms with E-state index in [1.807, 2.05) is 0 Å². The third-order valence-corrected chi connectivity index (χ3v) is 6.67. The Morgan fingerprint density at radius 1 is 0.929 bits per heavy atom. The fourth-order valence-corrected chi connectivity index (χ4v) is 3.52. The molecule has 0 aliphatic carbocycles. The summed E-state index contributed by atoms with van der Waals surface area (Å²) in [4.78, 5) is 0. The van der Waals surface area contributed by atoms with Gasteiger partial charge in [-0.3, -0.25) is 0 Å². The zero-order valence-electron chi connectivity index (χ0n) is 7.37. The van der Waals surface area contributed by atoms with E-state index in [-0.39, 0.29) is 0 Å². The topological polar surface area (TPSA) is 20.2 Å². The molecule has 0 aromatic heterocycles. The van der Waals surface area contributed by atoms with Gasteiger partial charge in [0.15, 0.2) is 0 Å². The Kier molecular flexibility index (Phi) is 4.95. The maximum Gasteiger partial charge on any atom is 0.135 e. The summed E-state index contributed by atoms with van der Waals surface area (Å²) in [5.74, 6) is 0.300. The number of phenolic OH excluding ortho intramolecular Hbond substituents is 1. The maximum atomic E-state index is 9.89. The van der Waals surface area contributed by atoms with Crippen molar-refractivity contribution < 1.29 is 5.11 Å². The first-order valence-electron chi connectivity index (χ1n) is 4.04. The van der Waals surface area contributed by atoms with E-state index in [1.165, 1.54) is 0 Å². The highest BCUT2D eigenvalue weighted by molar-refractivity contribution is 9.15. The second-order valence-electron chi connectivity index (χ2n) is 2.83. The zero-order chi connectivity index (χ0) is 10.9. The third kappa shape index (κ3) is 2.36. The van der Waals surface area contributed by atoms with Gasteiger partial charge in [0.2, 0.25) is 0 Å². The van der Waals surface area contributed by atoms with E-state index in [1.54, 1.807) is 0 Å². The van der Waals surface area contributed by atoms with E-state index in [0.29, 0.717) is 10.2 Å². The second kappa shape index (κ2) is 5.32. The lowest BCUT2D eigenvalue weighted by molar-refractivity contribution is 0.463. The van der Waals surface area contributed by atoms with Gasteiger partial charge in [-0.2, -0.15) is 0 Å². The Labute approximate surface area is 117 Å². The van der Waals surface area contributed by atoms with Gasteiger partial charge >= 0.3 is 0 Å². The number of benzene rings is 1. The summed E-state index contributed by atoms with van der Waals surface area (Å²) in [5.41, 5.74) is 0.925. The smallest absolute Gasteiger partial charge is 0.135 e. The average Bonchev–Trinajstić information content (AvgIpc) is 2.19. The molecular formula is C9H8Br4O. The number of hydrogen-bond acceptors (Lipinski definition) is 1. The molecule has 14 heavy (non-hydrogen) atoms. The van der Waals surface area contributed by atoms with Crippen LogP contribution in [0, 0.1) is 0 Å². The van der Waals surface area contributed by atoms with Crippen LogP contribution in [0.5, 0.6) is 5.75 Å². The predicted molar refractivity (Wildman–Crippen MR) is 72.9 cm³/mol. The van der Waals surface area contributed by atoms with Gasteiger partial charge in [0.1, 0.15) is 5.75 Å². The average molecular weight is 452 g/mol.